The van der Waals surface area contributed by atoms with Gasteiger partial charge in [-0.3, -0.25) is 0 Å². The van der Waals surface area contributed by atoms with E-state index in [4.69, 9.17) is 4.74 Å². The van der Waals surface area contributed by atoms with E-state index in [2.05, 4.69) is 102 Å². The Labute approximate surface area is 197 Å². The molecule has 0 fully saturated rings. The molecule has 0 spiro atoms. The molecule has 156 valence electrons. The molecule has 0 saturated carbocycles. The van der Waals surface area contributed by atoms with Crippen LogP contribution in [0.3, 0.4) is 0 Å². The Balaban J connectivity index is 1.52. The summed E-state index contributed by atoms with van der Waals surface area (Å²) in [4.78, 5) is 0. The summed E-state index contributed by atoms with van der Waals surface area (Å²) in [6.45, 7) is 0.0883. The van der Waals surface area contributed by atoms with Gasteiger partial charge in [-0.2, -0.15) is 0 Å². The first-order valence-electron chi connectivity index (χ1n) is 12.0. The van der Waals surface area contributed by atoms with Crippen molar-refractivity contribution in [1.29, 1.82) is 0 Å². The molecule has 0 atom stereocenters. The number of nitrogens with zero attached hydrogens (tertiary/aromatic N) is 1. The summed E-state index contributed by atoms with van der Waals surface area (Å²) in [7, 11) is 0. The van der Waals surface area contributed by atoms with E-state index in [-0.39, 0.29) is 6.85 Å². The minimum atomic E-state index is 0.0883. The number of rotatable bonds is 0. The summed E-state index contributed by atoms with van der Waals surface area (Å²) >= 11 is 0. The van der Waals surface area contributed by atoms with Crippen LogP contribution in [0.2, 0.25) is 0 Å². The molecule has 1 aliphatic carbocycles. The molecule has 3 heterocycles. The Kier molecular flexibility index (Phi) is 2.95. The van der Waals surface area contributed by atoms with E-state index in [1.165, 1.54) is 66.1 Å². The third-order valence-electron chi connectivity index (χ3n) is 8.05. The molecule has 0 amide bonds. The van der Waals surface area contributed by atoms with Gasteiger partial charge in [0.15, 0.2) is 0 Å². The summed E-state index contributed by atoms with van der Waals surface area (Å²) in [5.41, 5.74) is 13.1. The first kappa shape index (κ1) is 17.3. The topological polar surface area (TPSA) is 14.2 Å². The van der Waals surface area contributed by atoms with Crippen LogP contribution in [0.25, 0.3) is 44.1 Å². The van der Waals surface area contributed by atoms with Gasteiger partial charge in [0.2, 0.25) is 0 Å². The van der Waals surface area contributed by atoms with Crippen molar-refractivity contribution in [2.75, 3.05) is 0 Å². The Morgan fingerprint density at radius 2 is 1.47 bits per heavy atom. The fraction of sp³-hybridized carbons (Fsp3) is 0.0323. The molecule has 0 unspecified atom stereocenters. The van der Waals surface area contributed by atoms with E-state index in [1.807, 2.05) is 0 Å². The lowest BCUT2D eigenvalue weighted by Crippen LogP contribution is -2.54. The van der Waals surface area contributed by atoms with E-state index in [9.17, 15) is 0 Å². The second-order valence-electron chi connectivity index (χ2n) is 9.67. The fourth-order valence-electron chi connectivity index (χ4n) is 6.76. The lowest BCUT2D eigenvalue weighted by molar-refractivity contribution is 0.488. The first-order valence-corrected chi connectivity index (χ1v) is 12.0. The number of ether oxygens (including phenoxy) is 1. The number of benzene rings is 5. The van der Waals surface area contributed by atoms with Crippen LogP contribution < -0.4 is 15.7 Å². The molecule has 2 aliphatic heterocycles. The van der Waals surface area contributed by atoms with Crippen LogP contribution in [-0.4, -0.2) is 11.3 Å². The summed E-state index contributed by atoms with van der Waals surface area (Å²) in [5, 5.41) is 2.64. The second kappa shape index (κ2) is 5.81. The normalized spacial score (nSPS) is 13.9. The number of hydrogen-bond donors (Lipinski definition) is 0. The van der Waals surface area contributed by atoms with Crippen LogP contribution in [-0.2, 0) is 6.42 Å². The molecule has 5 aromatic carbocycles. The Morgan fingerprint density at radius 1 is 0.676 bits per heavy atom. The quantitative estimate of drug-likeness (QED) is 0.265. The highest BCUT2D eigenvalue weighted by molar-refractivity contribution is 6.88. The van der Waals surface area contributed by atoms with E-state index in [1.54, 1.807) is 0 Å². The maximum atomic E-state index is 6.81. The third-order valence-corrected chi connectivity index (χ3v) is 8.05. The van der Waals surface area contributed by atoms with Crippen molar-refractivity contribution >= 4 is 39.6 Å². The molecule has 2 nitrogen and oxygen atoms in total. The monoisotopic (exact) mass is 431 g/mol. The van der Waals surface area contributed by atoms with Crippen LogP contribution in [0.4, 0.5) is 0 Å². The van der Waals surface area contributed by atoms with E-state index in [0.29, 0.717) is 0 Å². The van der Waals surface area contributed by atoms with Crippen molar-refractivity contribution < 1.29 is 4.74 Å². The van der Waals surface area contributed by atoms with Crippen molar-refractivity contribution in [2.24, 2.45) is 0 Å². The van der Waals surface area contributed by atoms with E-state index < -0.39 is 0 Å². The third kappa shape index (κ3) is 1.88. The van der Waals surface area contributed by atoms with Crippen molar-refractivity contribution in [1.82, 2.24) is 4.48 Å². The molecule has 6 aromatic rings. The zero-order valence-electron chi connectivity index (χ0n) is 18.4. The van der Waals surface area contributed by atoms with Gasteiger partial charge >= 0.3 is 6.85 Å². The molecule has 0 N–H and O–H groups in total. The van der Waals surface area contributed by atoms with Crippen LogP contribution >= 0.6 is 0 Å². The standard InChI is InChI=1S/C31H18BNO/c1-2-9-20-18(8-1)16-19-17-24-23-12-7-11-22-21-10-3-5-14-26(21)33(30(22)23)32-25-13-4-6-15-27(25)34-31(28(19)20)29(24)32/h1-15,17H,16H2. The van der Waals surface area contributed by atoms with Crippen molar-refractivity contribution in [3.8, 4) is 33.8 Å². The SMILES string of the molecule is c1ccc2c(c1)Cc1cc3c4c(c1-2)Oc1ccccc1B4n1c2ccccc2c2cccc-3c21. The van der Waals surface area contributed by atoms with Gasteiger partial charge in [0.25, 0.3) is 0 Å². The van der Waals surface area contributed by atoms with Gasteiger partial charge in [0, 0.05) is 38.4 Å². The average molecular weight is 431 g/mol. The highest BCUT2D eigenvalue weighted by Gasteiger charge is 2.43. The number of aromatic nitrogens is 1. The predicted octanol–water partition coefficient (Wildman–Crippen LogP) is 6.11. The van der Waals surface area contributed by atoms with Crippen molar-refractivity contribution in [3.63, 3.8) is 0 Å². The maximum absolute atomic E-state index is 6.81. The molecule has 0 saturated heterocycles. The molecule has 1 aromatic heterocycles. The van der Waals surface area contributed by atoms with Gasteiger partial charge in [0.1, 0.15) is 11.5 Å². The van der Waals surface area contributed by atoms with Crippen LogP contribution in [0.5, 0.6) is 11.5 Å². The Bertz CT molecular complexity index is 1880. The average Bonchev–Trinajstić information content (AvgIpc) is 3.43. The lowest BCUT2D eigenvalue weighted by Gasteiger charge is -2.35. The number of hydrogen-bond acceptors (Lipinski definition) is 1. The van der Waals surface area contributed by atoms with Gasteiger partial charge in [-0.25, -0.2) is 0 Å². The molecule has 3 heteroatoms. The smallest absolute Gasteiger partial charge is 0.336 e. The predicted molar refractivity (Wildman–Crippen MR) is 140 cm³/mol. The summed E-state index contributed by atoms with van der Waals surface area (Å²) < 4.78 is 9.38. The Morgan fingerprint density at radius 3 is 2.47 bits per heavy atom. The number of para-hydroxylation sites is 3. The van der Waals surface area contributed by atoms with E-state index >= 15 is 0 Å². The van der Waals surface area contributed by atoms with Gasteiger partial charge < -0.3 is 9.21 Å². The molecule has 9 rings (SSSR count). The van der Waals surface area contributed by atoms with E-state index in [0.717, 1.165) is 17.9 Å². The largest absolute Gasteiger partial charge is 0.458 e. The fourth-order valence-corrected chi connectivity index (χ4v) is 6.76. The van der Waals surface area contributed by atoms with Crippen molar-refractivity contribution in [3.05, 3.63) is 108 Å². The van der Waals surface area contributed by atoms with Gasteiger partial charge in [-0.15, -0.1) is 0 Å². The van der Waals surface area contributed by atoms with Gasteiger partial charge in [-0.05, 0) is 46.3 Å². The summed E-state index contributed by atoms with van der Waals surface area (Å²) in [6, 6.07) is 35.5. The second-order valence-corrected chi connectivity index (χ2v) is 9.67. The highest BCUT2D eigenvalue weighted by Crippen LogP contribution is 2.49. The lowest BCUT2D eigenvalue weighted by atomic mass is 9.46. The zero-order chi connectivity index (χ0) is 22.0. The number of fused-ring (bicyclic) bond motifs is 11. The molecular formula is C31H18BNO. The molecule has 3 aliphatic rings. The summed E-state index contributed by atoms with van der Waals surface area (Å²) in [5.74, 6) is 2.01. The molecule has 0 radical (unpaired) electrons. The molecular weight excluding hydrogens is 413 g/mol. The molecule has 0 bridgehead atoms. The van der Waals surface area contributed by atoms with Gasteiger partial charge in [0.05, 0.1) is 0 Å². The minimum Gasteiger partial charge on any atom is -0.458 e. The van der Waals surface area contributed by atoms with Crippen LogP contribution in [0.1, 0.15) is 11.1 Å². The zero-order valence-corrected chi connectivity index (χ0v) is 18.4. The first-order chi connectivity index (χ1) is 16.9. The van der Waals surface area contributed by atoms with Crippen LogP contribution in [0.15, 0.2) is 97.1 Å². The highest BCUT2D eigenvalue weighted by atomic mass is 16.5. The maximum Gasteiger partial charge on any atom is 0.336 e. The molecule has 34 heavy (non-hydrogen) atoms. The minimum absolute atomic E-state index is 0.0883. The van der Waals surface area contributed by atoms with Crippen LogP contribution in [0, 0.1) is 0 Å². The summed E-state index contributed by atoms with van der Waals surface area (Å²) in [6.07, 6.45) is 0.959. The Hall–Kier alpha value is -4.24. The van der Waals surface area contributed by atoms with Gasteiger partial charge in [-0.1, -0.05) is 84.9 Å². The van der Waals surface area contributed by atoms with Crippen molar-refractivity contribution in [2.45, 2.75) is 6.42 Å².